The third-order valence-electron chi connectivity index (χ3n) is 3.51. The van der Waals surface area contributed by atoms with E-state index in [2.05, 4.69) is 5.32 Å². The first-order valence-electron chi connectivity index (χ1n) is 7.76. The summed E-state index contributed by atoms with van der Waals surface area (Å²) in [4.78, 5) is 12.2. The lowest BCUT2D eigenvalue weighted by Crippen LogP contribution is -2.28. The van der Waals surface area contributed by atoms with Gasteiger partial charge in [0.1, 0.15) is 5.82 Å². The van der Waals surface area contributed by atoms with Crippen molar-refractivity contribution in [3.63, 3.8) is 0 Å². The molecule has 1 amide bonds. The van der Waals surface area contributed by atoms with Gasteiger partial charge in [0, 0.05) is 23.6 Å². The Labute approximate surface area is 152 Å². The first kappa shape index (κ1) is 20.3. The van der Waals surface area contributed by atoms with E-state index >= 15 is 0 Å². The molecule has 0 aliphatic carbocycles. The normalized spacial score (nSPS) is 12.7. The molecule has 0 saturated carbocycles. The number of rotatable bonds is 7. The summed E-state index contributed by atoms with van der Waals surface area (Å²) in [5.74, 6) is -0.398. The van der Waals surface area contributed by atoms with Crippen LogP contribution in [0.1, 0.15) is 23.7 Å². The Balaban J connectivity index is 1.79. The minimum absolute atomic E-state index is 0.0702. The van der Waals surface area contributed by atoms with Gasteiger partial charge in [-0.15, -0.1) is 11.8 Å². The van der Waals surface area contributed by atoms with Crippen LogP contribution < -0.4 is 5.32 Å². The van der Waals surface area contributed by atoms with Crippen LogP contribution in [0.3, 0.4) is 0 Å². The molecule has 0 bridgehead atoms. The third kappa shape index (κ3) is 6.03. The number of carbonyl (C=O) groups excluding carboxylic acids is 1. The quantitative estimate of drug-likeness (QED) is 0.554. The number of halogens is 4. The van der Waals surface area contributed by atoms with E-state index in [0.717, 1.165) is 12.1 Å². The molecule has 26 heavy (non-hydrogen) atoms. The van der Waals surface area contributed by atoms with Crippen molar-refractivity contribution in [3.8, 4) is 0 Å². The molecule has 2 N–H and O–H groups in total. The number of alkyl halides is 3. The smallest absolute Gasteiger partial charge is 0.387 e. The number of amides is 1. The van der Waals surface area contributed by atoms with Crippen LogP contribution >= 0.6 is 11.8 Å². The van der Waals surface area contributed by atoms with Crippen LogP contribution in [0, 0.1) is 5.82 Å². The summed E-state index contributed by atoms with van der Waals surface area (Å²) in [5, 5.41) is 12.4. The van der Waals surface area contributed by atoms with Crippen LogP contribution in [-0.2, 0) is 11.0 Å². The van der Waals surface area contributed by atoms with Crippen molar-refractivity contribution in [2.45, 2.75) is 23.6 Å². The molecule has 0 heterocycles. The number of aliphatic hydroxyl groups excluding tert-OH is 1. The molecule has 0 saturated heterocycles. The van der Waals surface area contributed by atoms with E-state index in [1.807, 2.05) is 0 Å². The monoisotopic (exact) mass is 387 g/mol. The third-order valence-corrected chi connectivity index (χ3v) is 4.56. The number of aliphatic hydroxyl groups is 1. The molecule has 1 atom stereocenters. The summed E-state index contributed by atoms with van der Waals surface area (Å²) in [6.45, 7) is -0.204. The van der Waals surface area contributed by atoms with Crippen molar-refractivity contribution in [2.75, 3.05) is 12.3 Å². The Morgan fingerprint density at radius 3 is 2.58 bits per heavy atom. The maximum atomic E-state index is 13.4. The number of hydrogen-bond donors (Lipinski definition) is 2. The van der Waals surface area contributed by atoms with Crippen LogP contribution in [0.2, 0.25) is 0 Å². The van der Waals surface area contributed by atoms with E-state index in [4.69, 9.17) is 0 Å². The van der Waals surface area contributed by atoms with Gasteiger partial charge in [-0.3, -0.25) is 4.79 Å². The second-order valence-electron chi connectivity index (χ2n) is 5.47. The van der Waals surface area contributed by atoms with Crippen molar-refractivity contribution in [1.29, 1.82) is 0 Å². The minimum atomic E-state index is -4.50. The average Bonchev–Trinajstić information content (AvgIpc) is 2.60. The zero-order valence-corrected chi connectivity index (χ0v) is 14.4. The number of benzene rings is 2. The van der Waals surface area contributed by atoms with Crippen LogP contribution in [-0.4, -0.2) is 23.3 Å². The zero-order chi connectivity index (χ0) is 19.2. The first-order chi connectivity index (χ1) is 12.3. The van der Waals surface area contributed by atoms with Gasteiger partial charge in [0.25, 0.3) is 0 Å². The summed E-state index contributed by atoms with van der Waals surface area (Å²) < 4.78 is 51.5. The number of carbonyl (C=O) groups is 1. The SMILES string of the molecule is O=C(CCSc1ccccc1F)NCC(O)c1cccc(C(F)(F)F)c1. The predicted octanol–water partition coefficient (Wildman–Crippen LogP) is 4.18. The maximum absolute atomic E-state index is 13.4. The van der Waals surface area contributed by atoms with Crippen molar-refractivity contribution in [3.05, 3.63) is 65.5 Å². The molecule has 0 aliphatic heterocycles. The molecule has 0 radical (unpaired) electrons. The second kappa shape index (κ2) is 9.05. The summed E-state index contributed by atoms with van der Waals surface area (Å²) in [6, 6.07) is 10.5. The summed E-state index contributed by atoms with van der Waals surface area (Å²) >= 11 is 1.19. The molecule has 0 aromatic heterocycles. The van der Waals surface area contributed by atoms with Gasteiger partial charge >= 0.3 is 6.18 Å². The Morgan fingerprint density at radius 1 is 1.15 bits per heavy atom. The molecular formula is C18H17F4NO2S. The molecule has 2 aromatic carbocycles. The summed E-state index contributed by atoms with van der Waals surface area (Å²) in [6.07, 6.45) is -5.66. The molecule has 1 unspecified atom stereocenters. The highest BCUT2D eigenvalue weighted by Gasteiger charge is 2.30. The van der Waals surface area contributed by atoms with E-state index in [1.165, 1.54) is 30.0 Å². The van der Waals surface area contributed by atoms with Crippen LogP contribution in [0.15, 0.2) is 53.4 Å². The van der Waals surface area contributed by atoms with E-state index in [0.29, 0.717) is 10.6 Å². The van der Waals surface area contributed by atoms with Crippen LogP contribution in [0.25, 0.3) is 0 Å². The molecule has 140 valence electrons. The fraction of sp³-hybridized carbons (Fsp3) is 0.278. The Kier molecular flexibility index (Phi) is 7.05. The topological polar surface area (TPSA) is 49.3 Å². The van der Waals surface area contributed by atoms with Crippen molar-refractivity contribution < 1.29 is 27.5 Å². The molecule has 2 rings (SSSR count). The molecule has 3 nitrogen and oxygen atoms in total. The summed E-state index contributed by atoms with van der Waals surface area (Å²) in [5.41, 5.74) is -0.789. The number of nitrogens with one attached hydrogen (secondary N) is 1. The van der Waals surface area contributed by atoms with Gasteiger partial charge in [0.05, 0.1) is 11.7 Å². The van der Waals surface area contributed by atoms with Gasteiger partial charge in [-0.25, -0.2) is 4.39 Å². The van der Waals surface area contributed by atoms with Crippen LogP contribution in [0.5, 0.6) is 0 Å². The highest BCUT2D eigenvalue weighted by atomic mass is 32.2. The van der Waals surface area contributed by atoms with Gasteiger partial charge in [-0.05, 0) is 29.8 Å². The number of hydrogen-bond acceptors (Lipinski definition) is 3. The standard InChI is InChI=1S/C18H17F4NO2S/c19-14-6-1-2-7-16(14)26-9-8-17(25)23-11-15(24)12-4-3-5-13(10-12)18(20,21)22/h1-7,10,15,24H,8-9,11H2,(H,23,25). The van der Waals surface area contributed by atoms with Crippen molar-refractivity contribution in [1.82, 2.24) is 5.32 Å². The molecular weight excluding hydrogens is 370 g/mol. The van der Waals surface area contributed by atoms with Crippen LogP contribution in [0.4, 0.5) is 17.6 Å². The van der Waals surface area contributed by atoms with Gasteiger partial charge in [-0.1, -0.05) is 24.3 Å². The molecule has 0 aliphatic rings. The Bertz CT molecular complexity index is 752. The lowest BCUT2D eigenvalue weighted by Gasteiger charge is -2.14. The largest absolute Gasteiger partial charge is 0.416 e. The first-order valence-corrected chi connectivity index (χ1v) is 8.75. The lowest BCUT2D eigenvalue weighted by molar-refractivity contribution is -0.137. The van der Waals surface area contributed by atoms with E-state index in [9.17, 15) is 27.5 Å². The predicted molar refractivity (Wildman–Crippen MR) is 91.2 cm³/mol. The fourth-order valence-corrected chi connectivity index (χ4v) is 3.04. The maximum Gasteiger partial charge on any atom is 0.416 e. The molecule has 0 fully saturated rings. The van der Waals surface area contributed by atoms with Gasteiger partial charge < -0.3 is 10.4 Å². The Morgan fingerprint density at radius 2 is 1.88 bits per heavy atom. The highest BCUT2D eigenvalue weighted by molar-refractivity contribution is 7.99. The minimum Gasteiger partial charge on any atom is -0.387 e. The lowest BCUT2D eigenvalue weighted by atomic mass is 10.1. The summed E-state index contributed by atoms with van der Waals surface area (Å²) in [7, 11) is 0. The van der Waals surface area contributed by atoms with E-state index in [-0.39, 0.29) is 30.3 Å². The van der Waals surface area contributed by atoms with E-state index < -0.39 is 17.8 Å². The van der Waals surface area contributed by atoms with Gasteiger partial charge in [0.15, 0.2) is 0 Å². The zero-order valence-electron chi connectivity index (χ0n) is 13.6. The molecule has 2 aromatic rings. The number of thioether (sulfide) groups is 1. The van der Waals surface area contributed by atoms with Crippen molar-refractivity contribution >= 4 is 17.7 Å². The van der Waals surface area contributed by atoms with Gasteiger partial charge in [-0.2, -0.15) is 13.2 Å². The molecule has 8 heteroatoms. The van der Waals surface area contributed by atoms with Gasteiger partial charge in [0.2, 0.25) is 5.91 Å². The molecule has 0 spiro atoms. The Hall–Kier alpha value is -2.06. The highest BCUT2D eigenvalue weighted by Crippen LogP contribution is 2.30. The van der Waals surface area contributed by atoms with E-state index in [1.54, 1.807) is 18.2 Å². The average molecular weight is 387 g/mol. The fourth-order valence-electron chi connectivity index (χ4n) is 2.15. The second-order valence-corrected chi connectivity index (χ2v) is 6.61. The van der Waals surface area contributed by atoms with Crippen molar-refractivity contribution in [2.24, 2.45) is 0 Å².